The zero-order valence-corrected chi connectivity index (χ0v) is 8.25. The maximum Gasteiger partial charge on any atom is 0.408 e. The highest BCUT2D eigenvalue weighted by molar-refractivity contribution is 5.66. The molecule has 1 aromatic heterocycles. The van der Waals surface area contributed by atoms with Crippen LogP contribution in [0.15, 0.2) is 10.6 Å². The number of rotatable bonds is 1. The monoisotopic (exact) mass is 212 g/mol. The molecule has 1 aromatic rings. The van der Waals surface area contributed by atoms with Gasteiger partial charge in [0.25, 0.3) is 0 Å². The summed E-state index contributed by atoms with van der Waals surface area (Å²) in [5.74, 6) is 0.989. The number of carbonyl (C=O) groups is 1. The average Bonchev–Trinajstić information content (AvgIpc) is 2.71. The van der Waals surface area contributed by atoms with Gasteiger partial charge in [0.05, 0.1) is 18.8 Å². The van der Waals surface area contributed by atoms with Gasteiger partial charge in [-0.15, -0.1) is 0 Å². The van der Waals surface area contributed by atoms with Crippen molar-refractivity contribution in [3.63, 3.8) is 0 Å². The molecule has 1 amide bonds. The summed E-state index contributed by atoms with van der Waals surface area (Å²) >= 11 is 0. The lowest BCUT2D eigenvalue weighted by Gasteiger charge is -2.17. The van der Waals surface area contributed by atoms with E-state index in [-0.39, 0.29) is 6.54 Å². The summed E-state index contributed by atoms with van der Waals surface area (Å²) in [6.07, 6.45) is 0.178. The first-order valence-electron chi connectivity index (χ1n) is 4.68. The van der Waals surface area contributed by atoms with Gasteiger partial charge in [0, 0.05) is 6.42 Å². The van der Waals surface area contributed by atoms with Crippen molar-refractivity contribution in [2.24, 2.45) is 0 Å². The van der Waals surface area contributed by atoms with Crippen LogP contribution in [0.2, 0.25) is 0 Å². The highest BCUT2D eigenvalue weighted by Crippen LogP contribution is 2.31. The Morgan fingerprint density at radius 1 is 1.73 bits per heavy atom. The van der Waals surface area contributed by atoms with E-state index in [1.54, 1.807) is 13.1 Å². The largest absolute Gasteiger partial charge is 0.465 e. The van der Waals surface area contributed by atoms with Gasteiger partial charge in [-0.1, -0.05) is 0 Å². The molecule has 6 nitrogen and oxygen atoms in total. The van der Waals surface area contributed by atoms with Crippen LogP contribution in [0.5, 0.6) is 0 Å². The summed E-state index contributed by atoms with van der Waals surface area (Å²) in [5, 5.41) is 18.3. The molecule has 1 saturated heterocycles. The molecule has 0 aliphatic carbocycles. The van der Waals surface area contributed by atoms with Gasteiger partial charge in [-0.3, -0.25) is 4.90 Å². The van der Waals surface area contributed by atoms with Crippen LogP contribution in [0.4, 0.5) is 4.79 Å². The number of aromatic nitrogens is 1. The Hall–Kier alpha value is -1.56. The standard InChI is InChI=1S/C9H12N2O4/c1-5-3-10-8(15-5)7-2-6(12)4-11(7)9(13)14/h3,6-7,12H,2,4H2,1H3,(H,13,14)/t6-,7+/m1/s1. The van der Waals surface area contributed by atoms with Crippen LogP contribution < -0.4 is 0 Å². The van der Waals surface area contributed by atoms with E-state index in [4.69, 9.17) is 9.52 Å². The van der Waals surface area contributed by atoms with Gasteiger partial charge in [0.15, 0.2) is 0 Å². The van der Waals surface area contributed by atoms with Crippen molar-refractivity contribution >= 4 is 6.09 Å². The SMILES string of the molecule is Cc1cnc([C@@H]2C[C@@H](O)CN2C(=O)O)o1. The molecule has 1 aliphatic heterocycles. The summed E-state index contributed by atoms with van der Waals surface area (Å²) in [7, 11) is 0. The quantitative estimate of drug-likeness (QED) is 0.717. The number of aryl methyl sites for hydroxylation is 1. The third kappa shape index (κ3) is 1.80. The number of carboxylic acid groups (broad SMARTS) is 1. The van der Waals surface area contributed by atoms with Crippen molar-refractivity contribution in [1.82, 2.24) is 9.88 Å². The summed E-state index contributed by atoms with van der Waals surface area (Å²) in [6.45, 7) is 1.86. The minimum absolute atomic E-state index is 0.113. The van der Waals surface area contributed by atoms with E-state index in [2.05, 4.69) is 4.98 Å². The second kappa shape index (κ2) is 3.54. The molecule has 2 atom stereocenters. The Morgan fingerprint density at radius 3 is 3.00 bits per heavy atom. The molecule has 0 bridgehead atoms. The van der Waals surface area contributed by atoms with Crippen LogP contribution in [0.3, 0.4) is 0 Å². The first-order chi connectivity index (χ1) is 7.08. The van der Waals surface area contributed by atoms with Crippen LogP contribution in [0, 0.1) is 6.92 Å². The summed E-state index contributed by atoms with van der Waals surface area (Å²) < 4.78 is 5.27. The third-order valence-corrected chi connectivity index (χ3v) is 2.45. The average molecular weight is 212 g/mol. The highest BCUT2D eigenvalue weighted by atomic mass is 16.4. The third-order valence-electron chi connectivity index (χ3n) is 2.45. The Bertz CT molecular complexity index is 376. The van der Waals surface area contributed by atoms with Gasteiger partial charge >= 0.3 is 6.09 Å². The Morgan fingerprint density at radius 2 is 2.47 bits per heavy atom. The summed E-state index contributed by atoms with van der Waals surface area (Å²) in [4.78, 5) is 16.0. The second-order valence-electron chi connectivity index (χ2n) is 3.65. The molecule has 2 N–H and O–H groups in total. The van der Waals surface area contributed by atoms with Crippen LogP contribution >= 0.6 is 0 Å². The van der Waals surface area contributed by atoms with Gasteiger partial charge in [0.1, 0.15) is 11.8 Å². The fourth-order valence-electron chi connectivity index (χ4n) is 1.79. The maximum absolute atomic E-state index is 10.9. The number of hydrogen-bond acceptors (Lipinski definition) is 4. The number of oxazole rings is 1. The molecule has 0 unspecified atom stereocenters. The number of hydrogen-bond donors (Lipinski definition) is 2. The number of nitrogens with zero attached hydrogens (tertiary/aromatic N) is 2. The molecular weight excluding hydrogens is 200 g/mol. The van der Waals surface area contributed by atoms with E-state index >= 15 is 0 Å². The Balaban J connectivity index is 2.24. The fourth-order valence-corrected chi connectivity index (χ4v) is 1.79. The molecule has 0 saturated carbocycles. The van der Waals surface area contributed by atoms with Crippen LogP contribution in [-0.4, -0.2) is 38.8 Å². The zero-order chi connectivity index (χ0) is 11.0. The van der Waals surface area contributed by atoms with Crippen molar-refractivity contribution in [2.75, 3.05) is 6.54 Å². The molecule has 0 aromatic carbocycles. The molecule has 1 aliphatic rings. The lowest BCUT2D eigenvalue weighted by atomic mass is 10.2. The summed E-state index contributed by atoms with van der Waals surface area (Å²) in [6, 6.07) is -0.466. The smallest absolute Gasteiger partial charge is 0.408 e. The topological polar surface area (TPSA) is 86.8 Å². The minimum atomic E-state index is -1.06. The molecule has 2 heterocycles. The number of likely N-dealkylation sites (tertiary alicyclic amines) is 1. The number of β-amino-alcohol motifs (C(OH)–C–C–N with tert-alkyl or cyclic N) is 1. The van der Waals surface area contributed by atoms with E-state index in [1.807, 2.05) is 0 Å². The fraction of sp³-hybridized carbons (Fsp3) is 0.556. The molecule has 2 rings (SSSR count). The number of aliphatic hydroxyl groups excluding tert-OH is 1. The van der Waals surface area contributed by atoms with Crippen molar-refractivity contribution in [2.45, 2.75) is 25.5 Å². The van der Waals surface area contributed by atoms with Crippen molar-refractivity contribution in [3.05, 3.63) is 17.8 Å². The molecule has 0 spiro atoms. The lowest BCUT2D eigenvalue weighted by Crippen LogP contribution is -2.30. The number of amides is 1. The summed E-state index contributed by atoms with van der Waals surface area (Å²) in [5.41, 5.74) is 0. The molecular formula is C9H12N2O4. The van der Waals surface area contributed by atoms with E-state index in [0.29, 0.717) is 18.1 Å². The number of aliphatic hydroxyl groups is 1. The van der Waals surface area contributed by atoms with Gasteiger partial charge in [-0.25, -0.2) is 9.78 Å². The van der Waals surface area contributed by atoms with Gasteiger partial charge in [0.2, 0.25) is 5.89 Å². The lowest BCUT2D eigenvalue weighted by molar-refractivity contribution is 0.127. The first-order valence-corrected chi connectivity index (χ1v) is 4.68. The first kappa shape index (κ1) is 9.97. The van der Waals surface area contributed by atoms with E-state index in [1.165, 1.54) is 0 Å². The Labute approximate surface area is 86.1 Å². The van der Waals surface area contributed by atoms with Gasteiger partial charge < -0.3 is 14.6 Å². The van der Waals surface area contributed by atoms with E-state index in [0.717, 1.165) is 4.90 Å². The van der Waals surface area contributed by atoms with E-state index < -0.39 is 18.2 Å². The predicted molar refractivity (Wildman–Crippen MR) is 49.3 cm³/mol. The van der Waals surface area contributed by atoms with Crippen LogP contribution in [0.25, 0.3) is 0 Å². The zero-order valence-electron chi connectivity index (χ0n) is 8.25. The van der Waals surface area contributed by atoms with Crippen LogP contribution in [-0.2, 0) is 0 Å². The van der Waals surface area contributed by atoms with Gasteiger partial charge in [-0.05, 0) is 6.92 Å². The van der Waals surface area contributed by atoms with Crippen LogP contribution in [0.1, 0.15) is 24.1 Å². The maximum atomic E-state index is 10.9. The molecule has 82 valence electrons. The van der Waals surface area contributed by atoms with Crippen molar-refractivity contribution < 1.29 is 19.4 Å². The minimum Gasteiger partial charge on any atom is -0.465 e. The van der Waals surface area contributed by atoms with Crippen molar-refractivity contribution in [3.8, 4) is 0 Å². The Kier molecular flexibility index (Phi) is 2.36. The second-order valence-corrected chi connectivity index (χ2v) is 3.65. The molecule has 6 heteroatoms. The highest BCUT2D eigenvalue weighted by Gasteiger charge is 2.38. The van der Waals surface area contributed by atoms with Crippen molar-refractivity contribution in [1.29, 1.82) is 0 Å². The van der Waals surface area contributed by atoms with Gasteiger partial charge in [-0.2, -0.15) is 0 Å². The predicted octanol–water partition coefficient (Wildman–Crippen LogP) is 0.769. The normalized spacial score (nSPS) is 25.9. The molecule has 0 radical (unpaired) electrons. The molecule has 1 fully saturated rings. The van der Waals surface area contributed by atoms with E-state index in [9.17, 15) is 9.90 Å². The molecule has 15 heavy (non-hydrogen) atoms.